The number of aromatic amines is 1. The van der Waals surface area contributed by atoms with Crippen molar-refractivity contribution in [2.45, 2.75) is 67.9 Å². The summed E-state index contributed by atoms with van der Waals surface area (Å²) in [5, 5.41) is 9.38. The number of fused-ring (bicyclic) bond motifs is 1. The average Bonchev–Trinajstić information content (AvgIpc) is 3.71. The molecular weight excluding hydrogens is 773 g/mol. The van der Waals surface area contributed by atoms with Crippen LogP contribution in [0.1, 0.15) is 76.9 Å². The van der Waals surface area contributed by atoms with E-state index in [0.29, 0.717) is 24.6 Å². The zero-order valence-electron chi connectivity index (χ0n) is 36.7. The third kappa shape index (κ3) is 12.9. The number of carbonyl (C=O) groups is 4. The third-order valence-electron chi connectivity index (χ3n) is 9.72. The Kier molecular flexibility index (Phi) is 17.9. The summed E-state index contributed by atoms with van der Waals surface area (Å²) >= 11 is 0. The number of H-pyrrole nitrogens is 1. The molecule has 4 aromatic rings. The monoisotopic (exact) mass is 832 g/mol. The molecule has 0 spiro atoms. The number of rotatable bonds is 20. The van der Waals surface area contributed by atoms with Crippen LogP contribution >= 0.6 is 0 Å². The molecule has 0 radical (unpaired) electrons. The Morgan fingerprint density at radius 3 is 2.23 bits per heavy atom. The molecule has 4 amide bonds. The van der Waals surface area contributed by atoms with Crippen LogP contribution in [0.15, 0.2) is 84.9 Å². The highest BCUT2D eigenvalue weighted by molar-refractivity contribution is 6.03. The van der Waals surface area contributed by atoms with Gasteiger partial charge in [0.25, 0.3) is 0 Å². The normalized spacial score (nSPS) is 11.2. The van der Waals surface area contributed by atoms with Crippen molar-refractivity contribution in [1.82, 2.24) is 40.7 Å². The average molecular weight is 833 g/mol. The van der Waals surface area contributed by atoms with Crippen LogP contribution in [0.2, 0.25) is 0 Å². The van der Waals surface area contributed by atoms with Gasteiger partial charge in [-0.05, 0) is 70.2 Å². The van der Waals surface area contributed by atoms with Gasteiger partial charge in [-0.1, -0.05) is 80.6 Å². The number of benzene rings is 2. The van der Waals surface area contributed by atoms with Crippen LogP contribution in [-0.4, -0.2) is 95.2 Å². The predicted molar refractivity (Wildman–Crippen MR) is 242 cm³/mol. The first kappa shape index (κ1) is 47.0. The van der Waals surface area contributed by atoms with Crippen molar-refractivity contribution in [2.75, 3.05) is 46.4 Å². The molecule has 14 heteroatoms. The number of aromatic nitrogens is 3. The van der Waals surface area contributed by atoms with E-state index in [1.165, 1.54) is 7.11 Å². The fraction of sp³-hybridized carbons (Fsp3) is 0.362. The van der Waals surface area contributed by atoms with Crippen molar-refractivity contribution in [3.8, 4) is 22.4 Å². The molecule has 61 heavy (non-hydrogen) atoms. The van der Waals surface area contributed by atoms with E-state index in [0.717, 1.165) is 74.1 Å². The Hall–Kier alpha value is -6.70. The lowest BCUT2D eigenvalue weighted by Crippen LogP contribution is -2.42. The van der Waals surface area contributed by atoms with Crippen molar-refractivity contribution in [3.05, 3.63) is 107 Å². The number of nitrogens with zero attached hydrogens (tertiary/aromatic N) is 4. The molecule has 0 saturated carbocycles. The fourth-order valence-corrected chi connectivity index (χ4v) is 6.84. The van der Waals surface area contributed by atoms with Crippen LogP contribution in [0, 0.1) is 6.92 Å². The van der Waals surface area contributed by atoms with Gasteiger partial charge in [-0.2, -0.15) is 0 Å². The van der Waals surface area contributed by atoms with Gasteiger partial charge in [-0.3, -0.25) is 14.6 Å². The zero-order chi connectivity index (χ0) is 44.5. The van der Waals surface area contributed by atoms with Gasteiger partial charge < -0.3 is 40.2 Å². The van der Waals surface area contributed by atoms with Gasteiger partial charge in [-0.25, -0.2) is 14.6 Å². The van der Waals surface area contributed by atoms with Crippen LogP contribution in [-0.2, 0) is 25.6 Å². The third-order valence-corrected chi connectivity index (χ3v) is 9.72. The van der Waals surface area contributed by atoms with Crippen LogP contribution in [0.25, 0.3) is 45.1 Å². The van der Waals surface area contributed by atoms with E-state index in [4.69, 9.17) is 9.72 Å². The van der Waals surface area contributed by atoms with Crippen molar-refractivity contribution in [3.63, 3.8) is 0 Å². The van der Waals surface area contributed by atoms with Gasteiger partial charge >= 0.3 is 12.2 Å². The molecule has 0 unspecified atom stereocenters. The lowest BCUT2D eigenvalue weighted by molar-refractivity contribution is -0.131. The van der Waals surface area contributed by atoms with E-state index in [1.807, 2.05) is 45.1 Å². The number of carbonyl (C=O) groups excluding carboxylic acids is 4. The van der Waals surface area contributed by atoms with Crippen molar-refractivity contribution >= 4 is 46.7 Å². The highest BCUT2D eigenvalue weighted by atomic mass is 16.5. The highest BCUT2D eigenvalue weighted by Crippen LogP contribution is 2.38. The van der Waals surface area contributed by atoms with E-state index in [1.54, 1.807) is 29.1 Å². The first-order valence-electron chi connectivity index (χ1n) is 20.6. The number of hydrogen-bond donors (Lipinski definition) is 4. The molecular formula is C47H60N8O6. The van der Waals surface area contributed by atoms with Crippen LogP contribution in [0.3, 0.4) is 0 Å². The molecule has 14 nitrogen and oxygen atoms in total. The van der Waals surface area contributed by atoms with Crippen LogP contribution in [0.5, 0.6) is 0 Å². The number of imidazole rings is 1. The molecule has 0 aliphatic carbocycles. The van der Waals surface area contributed by atoms with Gasteiger partial charge in [0.05, 0.1) is 44.2 Å². The lowest BCUT2D eigenvalue weighted by atomic mass is 9.89. The van der Waals surface area contributed by atoms with Crippen LogP contribution < -0.4 is 16.0 Å². The summed E-state index contributed by atoms with van der Waals surface area (Å²) in [5.74, 6) is 0.141. The summed E-state index contributed by atoms with van der Waals surface area (Å²) in [6, 6.07) is 12.3. The van der Waals surface area contributed by atoms with Gasteiger partial charge in [0, 0.05) is 52.8 Å². The Morgan fingerprint density at radius 2 is 1.56 bits per heavy atom. The molecule has 4 rings (SSSR count). The molecule has 2 aromatic heterocycles. The molecule has 0 bridgehead atoms. The molecule has 0 atom stereocenters. The van der Waals surface area contributed by atoms with E-state index >= 15 is 0 Å². The summed E-state index contributed by atoms with van der Waals surface area (Å²) in [6.07, 6.45) is 11.9. The maximum atomic E-state index is 13.0. The van der Waals surface area contributed by atoms with Crippen molar-refractivity contribution in [1.29, 1.82) is 0 Å². The number of hydrogen-bond acceptors (Lipinski definition) is 9. The van der Waals surface area contributed by atoms with Gasteiger partial charge in [0.1, 0.15) is 18.9 Å². The van der Waals surface area contributed by atoms with Crippen LogP contribution in [0.4, 0.5) is 9.59 Å². The standard InChI is InChI=1S/C47H60N8O6/c1-10-24-54(43(56)27-50-46(58)60-9)29-32(7)52-40(12-3)36-20-19-35(33(8)34(36)17-14-16-31(5)6)39-22-21-37(38-18-15-23-48-45(38)39)41-26-49-42(53-41)30-55(25-11-2)44(57)28-51-47(59)61-13-4/h12,14-23,26,52H,7,10-11,13,24-25,27-30H2,1-6,8-9H3,(H,49,53)(H,50,58)(H,51,59)/b17-14-,40-12-. The Balaban J connectivity index is 1.68. The second-order valence-electron chi connectivity index (χ2n) is 14.6. The minimum absolute atomic E-state index is 0.169. The van der Waals surface area contributed by atoms with Gasteiger partial charge in [0.2, 0.25) is 11.8 Å². The van der Waals surface area contributed by atoms with E-state index in [9.17, 15) is 19.2 Å². The minimum Gasteiger partial charge on any atom is -0.453 e. The number of amides is 4. The molecule has 2 heterocycles. The van der Waals surface area contributed by atoms with Crippen molar-refractivity contribution in [2.24, 2.45) is 0 Å². The molecule has 4 N–H and O–H groups in total. The topological polar surface area (TPSA) is 171 Å². The quantitative estimate of drug-likeness (QED) is 0.0643. The summed E-state index contributed by atoms with van der Waals surface area (Å²) in [7, 11) is 1.26. The van der Waals surface area contributed by atoms with Crippen molar-refractivity contribution < 1.29 is 28.7 Å². The smallest absolute Gasteiger partial charge is 0.407 e. The number of alkyl carbamates (subject to hydrolysis) is 2. The second-order valence-corrected chi connectivity index (χ2v) is 14.6. The Labute approximate surface area is 359 Å². The number of methoxy groups -OCH3 is 1. The number of pyridine rings is 1. The second kappa shape index (κ2) is 23.2. The predicted octanol–water partition coefficient (Wildman–Crippen LogP) is 8.12. The summed E-state index contributed by atoms with van der Waals surface area (Å²) < 4.78 is 9.52. The maximum absolute atomic E-state index is 13.0. The Bertz CT molecular complexity index is 2290. The number of allylic oxidation sites excluding steroid dienone is 4. The molecule has 0 aliphatic rings. The lowest BCUT2D eigenvalue weighted by Gasteiger charge is -2.25. The Morgan fingerprint density at radius 1 is 0.885 bits per heavy atom. The van der Waals surface area contributed by atoms with E-state index < -0.39 is 12.2 Å². The summed E-state index contributed by atoms with van der Waals surface area (Å²) in [4.78, 5) is 65.7. The first-order chi connectivity index (χ1) is 29.3. The summed E-state index contributed by atoms with van der Waals surface area (Å²) in [5.41, 5.74) is 10.1. The molecule has 0 aliphatic heterocycles. The number of nitrogens with one attached hydrogen (secondary N) is 4. The van der Waals surface area contributed by atoms with E-state index in [2.05, 4.69) is 94.4 Å². The minimum atomic E-state index is -0.665. The maximum Gasteiger partial charge on any atom is 0.407 e. The summed E-state index contributed by atoms with van der Waals surface area (Å²) in [6.45, 7) is 19.5. The molecule has 324 valence electrons. The highest BCUT2D eigenvalue weighted by Gasteiger charge is 2.21. The molecule has 2 aromatic carbocycles. The zero-order valence-corrected chi connectivity index (χ0v) is 36.7. The van der Waals surface area contributed by atoms with Gasteiger partial charge in [0.15, 0.2) is 0 Å². The molecule has 0 saturated heterocycles. The number of ether oxygens (including phenoxy) is 2. The van der Waals surface area contributed by atoms with E-state index in [-0.39, 0.29) is 44.6 Å². The first-order valence-corrected chi connectivity index (χ1v) is 20.6. The largest absolute Gasteiger partial charge is 0.453 e. The van der Waals surface area contributed by atoms with Gasteiger partial charge in [-0.15, -0.1) is 0 Å². The fourth-order valence-electron chi connectivity index (χ4n) is 6.84. The molecule has 0 fully saturated rings. The SMILES string of the molecule is C=C(CN(CCC)C(=O)CNC(=O)OC)N/C(=C\C)c1ccc(-c2ccc(-c3cnc(CN(CCC)C(=O)CNC(=O)OCC)[nH]3)c3cccnc23)c(C)c1/C=C\C=C(C)C.